The Kier molecular flexibility index (Phi) is 9.37. The molecular weight excluding hydrogens is 408 g/mol. The number of nitrogens with one attached hydrogen (secondary N) is 1. The highest BCUT2D eigenvalue weighted by molar-refractivity contribution is 7.98. The van der Waals surface area contributed by atoms with Crippen molar-refractivity contribution in [3.05, 3.63) is 54.1 Å². The number of thiol groups is 1. The Bertz CT molecular complexity index is 818. The van der Waals surface area contributed by atoms with E-state index in [9.17, 15) is 14.7 Å². The number of hydrogen-bond donors (Lipinski definition) is 4. The number of carboxylic acids is 1. The Labute approximate surface area is 180 Å². The van der Waals surface area contributed by atoms with Gasteiger partial charge in [0.1, 0.15) is 18.4 Å². The second-order valence-electron chi connectivity index (χ2n) is 6.47. The van der Waals surface area contributed by atoms with Crippen molar-refractivity contribution < 1.29 is 19.4 Å². The maximum Gasteiger partial charge on any atom is 0.326 e. The molecule has 2 unspecified atom stereocenters. The number of carboxylic acid groups (broad SMARTS) is 1. The van der Waals surface area contributed by atoms with Gasteiger partial charge in [-0.05, 0) is 47.8 Å². The molecule has 0 spiro atoms. The molecule has 0 aliphatic heterocycles. The van der Waals surface area contributed by atoms with E-state index in [-0.39, 0.29) is 12.6 Å². The molecule has 2 aromatic carbocycles. The minimum atomic E-state index is -1.05. The van der Waals surface area contributed by atoms with E-state index >= 15 is 0 Å². The average molecular weight is 435 g/mol. The molecule has 0 bridgehead atoms. The maximum atomic E-state index is 13.0. The van der Waals surface area contributed by atoms with Crippen molar-refractivity contribution in [1.29, 1.82) is 0 Å². The van der Waals surface area contributed by atoms with Crippen molar-refractivity contribution >= 4 is 36.3 Å². The number of aliphatic carboxylic acids is 1. The van der Waals surface area contributed by atoms with E-state index in [0.717, 1.165) is 5.56 Å². The van der Waals surface area contributed by atoms with Crippen LogP contribution < -0.4 is 15.8 Å². The molecule has 0 saturated heterocycles. The summed E-state index contributed by atoms with van der Waals surface area (Å²) in [6.45, 7) is 0.265. The quantitative estimate of drug-likeness (QED) is 0.406. The fourth-order valence-electron chi connectivity index (χ4n) is 2.66. The summed E-state index contributed by atoms with van der Waals surface area (Å²) in [5.41, 5.74) is 7.74. The number of ether oxygens (including phenoxy) is 1. The smallest absolute Gasteiger partial charge is 0.326 e. The van der Waals surface area contributed by atoms with Gasteiger partial charge in [-0.1, -0.05) is 30.3 Å². The van der Waals surface area contributed by atoms with Crippen LogP contribution in [0.1, 0.15) is 16.8 Å². The third-order valence-electron chi connectivity index (χ3n) is 4.23. The second-order valence-corrected chi connectivity index (χ2v) is 7.82. The van der Waals surface area contributed by atoms with Crippen LogP contribution in [0.2, 0.25) is 0 Å². The summed E-state index contributed by atoms with van der Waals surface area (Å²) < 4.78 is 5.68. The number of carbonyl (C=O) groups excluding carboxylic acids is 1. The van der Waals surface area contributed by atoms with Gasteiger partial charge in [0.25, 0.3) is 5.91 Å². The van der Waals surface area contributed by atoms with E-state index in [0.29, 0.717) is 34.8 Å². The van der Waals surface area contributed by atoms with Gasteiger partial charge in [-0.2, -0.15) is 24.4 Å². The van der Waals surface area contributed by atoms with E-state index in [4.69, 9.17) is 10.5 Å². The Hall–Kier alpha value is -2.16. The molecule has 0 heterocycles. The van der Waals surface area contributed by atoms with Crippen molar-refractivity contribution in [2.45, 2.75) is 18.5 Å². The lowest BCUT2D eigenvalue weighted by Gasteiger charge is -2.17. The molecule has 6 nitrogen and oxygen atoms in total. The molecular formula is C21H26N2O4S2. The molecule has 0 radical (unpaired) electrons. The van der Waals surface area contributed by atoms with E-state index < -0.39 is 17.9 Å². The molecule has 0 aliphatic carbocycles. The molecule has 2 rings (SSSR count). The molecule has 0 aliphatic rings. The molecule has 29 heavy (non-hydrogen) atoms. The molecule has 0 saturated carbocycles. The van der Waals surface area contributed by atoms with Crippen molar-refractivity contribution in [2.24, 2.45) is 5.73 Å². The Morgan fingerprint density at radius 2 is 1.97 bits per heavy atom. The first-order chi connectivity index (χ1) is 14.0. The van der Waals surface area contributed by atoms with Gasteiger partial charge in [0.15, 0.2) is 0 Å². The van der Waals surface area contributed by atoms with E-state index in [2.05, 4.69) is 17.9 Å². The molecule has 0 fully saturated rings. The average Bonchev–Trinajstić information content (AvgIpc) is 2.74. The minimum Gasteiger partial charge on any atom is -0.492 e. The fourth-order valence-corrected chi connectivity index (χ4v) is 3.23. The van der Waals surface area contributed by atoms with Crippen LogP contribution in [-0.4, -0.2) is 53.4 Å². The summed E-state index contributed by atoms with van der Waals surface area (Å²) in [6, 6.07) is 13.4. The van der Waals surface area contributed by atoms with Gasteiger partial charge in [-0.25, -0.2) is 4.79 Å². The van der Waals surface area contributed by atoms with E-state index in [1.807, 2.05) is 36.6 Å². The second kappa shape index (κ2) is 11.7. The van der Waals surface area contributed by atoms with Gasteiger partial charge in [0.05, 0.1) is 5.56 Å². The van der Waals surface area contributed by atoms with Crippen LogP contribution in [0.25, 0.3) is 11.1 Å². The Balaban J connectivity index is 2.33. The van der Waals surface area contributed by atoms with Gasteiger partial charge in [-0.3, -0.25) is 4.79 Å². The molecule has 2 atom stereocenters. The van der Waals surface area contributed by atoms with Gasteiger partial charge >= 0.3 is 5.97 Å². The lowest BCUT2D eigenvalue weighted by Crippen LogP contribution is -2.41. The first-order valence-corrected chi connectivity index (χ1v) is 11.2. The lowest BCUT2D eigenvalue weighted by atomic mass is 9.98. The summed E-state index contributed by atoms with van der Waals surface area (Å²) in [6.07, 6.45) is 2.24. The third-order valence-corrected chi connectivity index (χ3v) is 5.35. The van der Waals surface area contributed by atoms with Gasteiger partial charge in [-0.15, -0.1) is 0 Å². The largest absolute Gasteiger partial charge is 0.492 e. The summed E-state index contributed by atoms with van der Waals surface area (Å²) in [5.74, 6) is 0.0869. The van der Waals surface area contributed by atoms with Crippen LogP contribution in [0.3, 0.4) is 0 Å². The molecule has 4 N–H and O–H groups in total. The van der Waals surface area contributed by atoms with Crippen LogP contribution in [0.4, 0.5) is 0 Å². The number of carbonyl (C=O) groups is 2. The first kappa shape index (κ1) is 23.1. The van der Waals surface area contributed by atoms with Crippen molar-refractivity contribution in [1.82, 2.24) is 5.32 Å². The van der Waals surface area contributed by atoms with Crippen molar-refractivity contribution in [3.63, 3.8) is 0 Å². The molecule has 0 aromatic heterocycles. The molecule has 2 aromatic rings. The highest BCUT2D eigenvalue weighted by Crippen LogP contribution is 2.28. The topological polar surface area (TPSA) is 102 Å². The monoisotopic (exact) mass is 434 g/mol. The van der Waals surface area contributed by atoms with Crippen LogP contribution in [0.5, 0.6) is 5.75 Å². The first-order valence-electron chi connectivity index (χ1n) is 9.17. The predicted octanol–water partition coefficient (Wildman–Crippen LogP) is 2.93. The highest BCUT2D eigenvalue weighted by atomic mass is 32.2. The van der Waals surface area contributed by atoms with Gasteiger partial charge in [0, 0.05) is 11.8 Å². The van der Waals surface area contributed by atoms with Crippen molar-refractivity contribution in [2.75, 3.05) is 24.4 Å². The zero-order chi connectivity index (χ0) is 21.2. The molecule has 1 amide bonds. The summed E-state index contributed by atoms with van der Waals surface area (Å²) in [5, 5.41) is 12.1. The van der Waals surface area contributed by atoms with Gasteiger partial charge < -0.3 is 20.9 Å². The summed E-state index contributed by atoms with van der Waals surface area (Å²) in [4.78, 5) is 24.5. The number of rotatable bonds is 11. The van der Waals surface area contributed by atoms with E-state index in [1.54, 1.807) is 18.2 Å². The van der Waals surface area contributed by atoms with Crippen LogP contribution in [0, 0.1) is 0 Å². The molecule has 8 heteroatoms. The maximum absolute atomic E-state index is 13.0. The SMILES string of the molecule is CSCCC(NC(=O)c1cc(OCC(N)CS)ccc1-c1ccccc1)C(=O)O. The number of amides is 1. The standard InChI is InChI=1S/C21H26N2O4S2/c1-29-10-9-19(21(25)26)23-20(24)18-11-16(27-12-15(22)13-28)7-8-17(18)14-5-3-2-4-6-14/h2-8,11,15,19,28H,9-10,12-13,22H2,1H3,(H,23,24)(H,25,26). The number of thioether (sulfide) groups is 1. The number of hydrogen-bond acceptors (Lipinski definition) is 6. The summed E-state index contributed by atoms with van der Waals surface area (Å²) >= 11 is 5.67. The predicted molar refractivity (Wildman–Crippen MR) is 121 cm³/mol. The number of benzene rings is 2. The zero-order valence-corrected chi connectivity index (χ0v) is 17.9. The Morgan fingerprint density at radius 3 is 2.59 bits per heavy atom. The van der Waals surface area contributed by atoms with Crippen LogP contribution >= 0.6 is 24.4 Å². The van der Waals surface area contributed by atoms with Crippen LogP contribution in [-0.2, 0) is 4.79 Å². The van der Waals surface area contributed by atoms with Gasteiger partial charge in [0.2, 0.25) is 0 Å². The van der Waals surface area contributed by atoms with Crippen LogP contribution in [0.15, 0.2) is 48.5 Å². The fraction of sp³-hybridized carbons (Fsp3) is 0.333. The van der Waals surface area contributed by atoms with Crippen molar-refractivity contribution in [3.8, 4) is 16.9 Å². The lowest BCUT2D eigenvalue weighted by molar-refractivity contribution is -0.139. The minimum absolute atomic E-state index is 0.229. The summed E-state index contributed by atoms with van der Waals surface area (Å²) in [7, 11) is 0. The van der Waals surface area contributed by atoms with E-state index in [1.165, 1.54) is 11.8 Å². The Morgan fingerprint density at radius 1 is 1.24 bits per heavy atom. The zero-order valence-electron chi connectivity index (χ0n) is 16.2. The molecule has 156 valence electrons. The normalized spacial score (nSPS) is 12.8. The highest BCUT2D eigenvalue weighted by Gasteiger charge is 2.22. The number of nitrogens with two attached hydrogens (primary N) is 1. The third kappa shape index (κ3) is 6.99.